The molecular formula is C21H27N3O6. The standard InChI is InChI=1S/C21H27N3O6/c1-7-10-13(8-2)17-15(23-20(28)30-21(4,5)6)12-22-16(24-17)11-14(18(25)26)19(27)29-9-3/h7-8,10,12,14H,1-2,9,11H2,3-6H3,(H,23,28)(H,25,26)/b13-10+. The Morgan fingerprint density at radius 1 is 1.30 bits per heavy atom. The number of carbonyl (C=O) groups excluding carboxylic acids is 2. The second kappa shape index (κ2) is 10.9. The van der Waals surface area contributed by atoms with Crippen molar-refractivity contribution >= 4 is 29.3 Å². The Kier molecular flexibility index (Phi) is 8.91. The molecule has 162 valence electrons. The number of carboxylic acids is 1. The molecule has 0 aliphatic rings. The zero-order valence-corrected chi connectivity index (χ0v) is 17.6. The minimum absolute atomic E-state index is 0.0517. The van der Waals surface area contributed by atoms with Gasteiger partial charge in [0.05, 0.1) is 24.2 Å². The zero-order valence-electron chi connectivity index (χ0n) is 17.6. The first-order valence-corrected chi connectivity index (χ1v) is 9.23. The summed E-state index contributed by atoms with van der Waals surface area (Å²) in [5.74, 6) is -3.60. The molecule has 1 heterocycles. The Morgan fingerprint density at radius 3 is 2.47 bits per heavy atom. The number of esters is 1. The fraction of sp³-hybridized carbons (Fsp3) is 0.381. The monoisotopic (exact) mass is 417 g/mol. The first-order valence-electron chi connectivity index (χ1n) is 9.23. The lowest BCUT2D eigenvalue weighted by atomic mass is 10.0. The van der Waals surface area contributed by atoms with E-state index < -0.39 is 29.6 Å². The maximum atomic E-state index is 12.2. The second-order valence-corrected chi connectivity index (χ2v) is 7.08. The summed E-state index contributed by atoms with van der Waals surface area (Å²) in [5, 5.41) is 11.9. The van der Waals surface area contributed by atoms with Crippen LogP contribution in [0, 0.1) is 5.92 Å². The molecule has 9 heteroatoms. The number of carbonyl (C=O) groups is 3. The van der Waals surface area contributed by atoms with Gasteiger partial charge in [0.15, 0.2) is 5.92 Å². The molecule has 9 nitrogen and oxygen atoms in total. The molecule has 1 unspecified atom stereocenters. The SMILES string of the molecule is C=C/C=C(\C=C)c1nc(CC(C(=O)O)C(=O)OCC)ncc1NC(=O)OC(C)(C)C. The molecule has 0 aliphatic carbocycles. The van der Waals surface area contributed by atoms with Crippen molar-refractivity contribution < 1.29 is 29.0 Å². The first-order chi connectivity index (χ1) is 14.0. The van der Waals surface area contributed by atoms with Crippen molar-refractivity contribution in [2.75, 3.05) is 11.9 Å². The van der Waals surface area contributed by atoms with Gasteiger partial charge in [-0.15, -0.1) is 0 Å². The van der Waals surface area contributed by atoms with Gasteiger partial charge in [-0.05, 0) is 27.7 Å². The van der Waals surface area contributed by atoms with E-state index in [1.807, 2.05) is 0 Å². The van der Waals surface area contributed by atoms with E-state index in [1.165, 1.54) is 18.3 Å². The summed E-state index contributed by atoms with van der Waals surface area (Å²) in [6, 6.07) is 0. The van der Waals surface area contributed by atoms with Crippen molar-refractivity contribution in [3.63, 3.8) is 0 Å². The maximum absolute atomic E-state index is 12.2. The molecule has 1 rings (SSSR count). The number of nitrogens with one attached hydrogen (secondary N) is 1. The van der Waals surface area contributed by atoms with E-state index in [-0.39, 0.29) is 30.2 Å². The van der Waals surface area contributed by atoms with Gasteiger partial charge in [0.25, 0.3) is 0 Å². The van der Waals surface area contributed by atoms with Gasteiger partial charge in [0.2, 0.25) is 0 Å². The van der Waals surface area contributed by atoms with Crippen molar-refractivity contribution in [3.8, 4) is 0 Å². The number of hydrogen-bond acceptors (Lipinski definition) is 7. The van der Waals surface area contributed by atoms with E-state index in [4.69, 9.17) is 9.47 Å². The third-order valence-corrected chi connectivity index (χ3v) is 3.52. The lowest BCUT2D eigenvalue weighted by Crippen LogP contribution is -2.29. The third kappa shape index (κ3) is 7.50. The average molecular weight is 417 g/mol. The van der Waals surface area contributed by atoms with Crippen molar-refractivity contribution in [1.82, 2.24) is 9.97 Å². The van der Waals surface area contributed by atoms with Crippen LogP contribution in [0.1, 0.15) is 39.2 Å². The Hall–Kier alpha value is -3.49. The van der Waals surface area contributed by atoms with Crippen LogP contribution in [0.25, 0.3) is 5.57 Å². The Bertz CT molecular complexity index is 855. The van der Waals surface area contributed by atoms with E-state index >= 15 is 0 Å². The fourth-order valence-electron chi connectivity index (χ4n) is 2.31. The summed E-state index contributed by atoms with van der Waals surface area (Å²) in [4.78, 5) is 44.0. The highest BCUT2D eigenvalue weighted by molar-refractivity contribution is 5.94. The molecule has 1 amide bonds. The smallest absolute Gasteiger partial charge is 0.412 e. The summed E-state index contributed by atoms with van der Waals surface area (Å²) < 4.78 is 10.1. The molecule has 0 saturated heterocycles. The summed E-state index contributed by atoms with van der Waals surface area (Å²) >= 11 is 0. The fourth-order valence-corrected chi connectivity index (χ4v) is 2.31. The highest BCUT2D eigenvalue weighted by Crippen LogP contribution is 2.24. The zero-order chi connectivity index (χ0) is 22.9. The normalized spacial score (nSPS) is 12.5. The van der Waals surface area contributed by atoms with E-state index in [0.29, 0.717) is 5.57 Å². The van der Waals surface area contributed by atoms with Gasteiger partial charge in [-0.25, -0.2) is 14.8 Å². The van der Waals surface area contributed by atoms with Gasteiger partial charge in [-0.1, -0.05) is 31.4 Å². The number of aliphatic carboxylic acids is 1. The molecule has 1 aromatic heterocycles. The summed E-state index contributed by atoms with van der Waals surface area (Å²) in [6.07, 6.45) is 4.93. The van der Waals surface area contributed by atoms with E-state index in [9.17, 15) is 19.5 Å². The average Bonchev–Trinajstić information content (AvgIpc) is 2.63. The molecule has 0 aliphatic heterocycles. The van der Waals surface area contributed by atoms with Crippen LogP contribution in [-0.2, 0) is 25.5 Å². The number of anilines is 1. The molecular weight excluding hydrogens is 390 g/mol. The summed E-state index contributed by atoms with van der Waals surface area (Å²) in [7, 11) is 0. The quantitative estimate of drug-likeness (QED) is 0.355. The number of nitrogens with zero attached hydrogens (tertiary/aromatic N) is 2. The van der Waals surface area contributed by atoms with Crippen molar-refractivity contribution in [3.05, 3.63) is 49.1 Å². The number of hydrogen-bond donors (Lipinski definition) is 2. The molecule has 0 saturated carbocycles. The number of allylic oxidation sites excluding steroid dienone is 4. The number of carboxylic acid groups (broad SMARTS) is 1. The highest BCUT2D eigenvalue weighted by Gasteiger charge is 2.29. The lowest BCUT2D eigenvalue weighted by molar-refractivity contribution is -0.158. The minimum Gasteiger partial charge on any atom is -0.481 e. The Morgan fingerprint density at radius 2 is 1.97 bits per heavy atom. The first kappa shape index (κ1) is 24.5. The largest absolute Gasteiger partial charge is 0.481 e. The van der Waals surface area contributed by atoms with Crippen molar-refractivity contribution in [1.29, 1.82) is 0 Å². The Labute approximate surface area is 175 Å². The number of rotatable bonds is 9. The van der Waals surface area contributed by atoms with E-state index in [2.05, 4.69) is 28.4 Å². The Balaban J connectivity index is 3.33. The predicted molar refractivity (Wildman–Crippen MR) is 112 cm³/mol. The maximum Gasteiger partial charge on any atom is 0.412 e. The van der Waals surface area contributed by atoms with Crippen LogP contribution in [0.3, 0.4) is 0 Å². The van der Waals surface area contributed by atoms with E-state index in [0.717, 1.165) is 0 Å². The summed E-state index contributed by atoms with van der Waals surface area (Å²) in [6.45, 7) is 14.2. The van der Waals surface area contributed by atoms with Crippen LogP contribution in [0.2, 0.25) is 0 Å². The number of ether oxygens (including phenoxy) is 2. The third-order valence-electron chi connectivity index (χ3n) is 3.52. The van der Waals surface area contributed by atoms with Gasteiger partial charge < -0.3 is 14.6 Å². The molecule has 0 radical (unpaired) electrons. The van der Waals surface area contributed by atoms with Crippen LogP contribution in [0.5, 0.6) is 0 Å². The molecule has 0 fully saturated rings. The predicted octanol–water partition coefficient (Wildman–Crippen LogP) is 3.39. The molecule has 0 bridgehead atoms. The van der Waals surface area contributed by atoms with Crippen LogP contribution >= 0.6 is 0 Å². The minimum atomic E-state index is -1.46. The highest BCUT2D eigenvalue weighted by atomic mass is 16.6. The van der Waals surface area contributed by atoms with Gasteiger partial charge in [-0.2, -0.15) is 0 Å². The van der Waals surface area contributed by atoms with Crippen molar-refractivity contribution in [2.45, 2.75) is 39.7 Å². The topological polar surface area (TPSA) is 128 Å². The number of aromatic nitrogens is 2. The lowest BCUT2D eigenvalue weighted by Gasteiger charge is -2.20. The van der Waals surface area contributed by atoms with Crippen LogP contribution in [0.4, 0.5) is 10.5 Å². The molecule has 1 atom stereocenters. The van der Waals surface area contributed by atoms with Crippen molar-refractivity contribution in [2.24, 2.45) is 5.92 Å². The number of amides is 1. The van der Waals surface area contributed by atoms with Crippen LogP contribution in [0.15, 0.2) is 37.6 Å². The van der Waals surface area contributed by atoms with Gasteiger partial charge >= 0.3 is 18.0 Å². The van der Waals surface area contributed by atoms with Gasteiger partial charge in [-0.3, -0.25) is 14.9 Å². The molecule has 0 aromatic carbocycles. The second-order valence-electron chi connectivity index (χ2n) is 7.08. The van der Waals surface area contributed by atoms with E-state index in [1.54, 1.807) is 33.8 Å². The molecule has 0 spiro atoms. The molecule has 30 heavy (non-hydrogen) atoms. The van der Waals surface area contributed by atoms with Gasteiger partial charge in [0, 0.05) is 12.0 Å². The summed E-state index contributed by atoms with van der Waals surface area (Å²) in [5.41, 5.74) is 0.290. The van der Waals surface area contributed by atoms with Gasteiger partial charge in [0.1, 0.15) is 11.4 Å². The van der Waals surface area contributed by atoms with Crippen LogP contribution < -0.4 is 5.32 Å². The molecule has 1 aromatic rings. The van der Waals surface area contributed by atoms with Crippen LogP contribution in [-0.4, -0.2) is 45.3 Å². The molecule has 2 N–H and O–H groups in total.